The van der Waals surface area contributed by atoms with Crippen molar-refractivity contribution in [2.45, 2.75) is 145 Å². The van der Waals surface area contributed by atoms with E-state index in [9.17, 15) is 24.3 Å². The SMILES string of the molecule is CC(C)C1C(=O)C[C@]2(NC(=O)NCc3nccn3C)CC[C@]3(C)C(=C12)CC[C@@H]1[C@@]2(C)CC[C@H](OC(=O)CC(C)(C)C(=O)O)C(C)(C)[C@@H]2CC[C@]13C. The standard InChI is InChI=1S/C41H62N4O6/c1-24(2)32-26(46)21-41(44-35(50)43-23-30-42-19-20-45(30)10)18-17-39(8)25(33(32)41)11-12-28-38(7)15-14-29(51-31(47)22-36(3,4)34(48)49)37(5,6)27(38)13-16-40(28,39)9/h19-20,24,27-29,32H,11-18,21-23H2,1-10H3,(H,48,49)(H2,43,44,50)/t27-,28+,29-,32?,38-,39+,40+,41+/m0/s1. The summed E-state index contributed by atoms with van der Waals surface area (Å²) >= 11 is 0. The molecule has 51 heavy (non-hydrogen) atoms. The number of nitrogens with zero attached hydrogens (tertiary/aromatic N) is 2. The maximum absolute atomic E-state index is 13.9. The fourth-order valence-electron chi connectivity index (χ4n) is 12.5. The van der Waals surface area contributed by atoms with Crippen molar-refractivity contribution < 1.29 is 29.0 Å². The van der Waals surface area contributed by atoms with Crippen molar-refractivity contribution in [3.63, 3.8) is 0 Å². The number of carboxylic acid groups (broad SMARTS) is 1. The van der Waals surface area contributed by atoms with Crippen LogP contribution in [-0.4, -0.2) is 50.1 Å². The van der Waals surface area contributed by atoms with E-state index in [-0.39, 0.29) is 57.8 Å². The highest BCUT2D eigenvalue weighted by atomic mass is 16.5. The first-order chi connectivity index (χ1) is 23.6. The van der Waals surface area contributed by atoms with E-state index in [1.54, 1.807) is 20.0 Å². The number of esters is 1. The maximum Gasteiger partial charge on any atom is 0.315 e. The van der Waals surface area contributed by atoms with Crippen molar-refractivity contribution in [2.24, 2.45) is 57.8 Å². The molecule has 4 saturated carbocycles. The molecule has 0 saturated heterocycles. The average Bonchev–Trinajstić information content (AvgIpc) is 3.56. The molecule has 4 fully saturated rings. The number of rotatable bonds is 8. The molecule has 8 atom stereocenters. The smallest absolute Gasteiger partial charge is 0.315 e. The minimum atomic E-state index is -1.17. The van der Waals surface area contributed by atoms with Gasteiger partial charge < -0.3 is 25.0 Å². The quantitative estimate of drug-likeness (QED) is 0.190. The third kappa shape index (κ3) is 5.76. The first-order valence-electron chi connectivity index (χ1n) is 19.3. The van der Waals surface area contributed by atoms with Crippen LogP contribution >= 0.6 is 0 Å². The summed E-state index contributed by atoms with van der Waals surface area (Å²) in [5, 5.41) is 16.0. The molecule has 0 aliphatic heterocycles. The van der Waals surface area contributed by atoms with E-state index in [0.717, 1.165) is 57.2 Å². The summed E-state index contributed by atoms with van der Waals surface area (Å²) < 4.78 is 8.04. The van der Waals surface area contributed by atoms with Crippen LogP contribution in [0.15, 0.2) is 23.5 Å². The summed E-state index contributed by atoms with van der Waals surface area (Å²) in [5.41, 5.74) is 0.462. The lowest BCUT2D eigenvalue weighted by Gasteiger charge is -2.70. The Kier molecular flexibility index (Phi) is 9.19. The molecular formula is C41H62N4O6. The highest BCUT2D eigenvalue weighted by molar-refractivity contribution is 5.92. The molecule has 1 aromatic rings. The van der Waals surface area contributed by atoms with Gasteiger partial charge in [0.05, 0.1) is 23.9 Å². The highest BCUT2D eigenvalue weighted by Crippen LogP contribution is 2.75. The van der Waals surface area contributed by atoms with Crippen LogP contribution in [0, 0.1) is 50.7 Å². The van der Waals surface area contributed by atoms with Gasteiger partial charge in [0.15, 0.2) is 0 Å². The lowest BCUT2D eigenvalue weighted by Crippen LogP contribution is -2.65. The van der Waals surface area contributed by atoms with Gasteiger partial charge in [0, 0.05) is 37.2 Å². The van der Waals surface area contributed by atoms with Crippen LogP contribution in [-0.2, 0) is 32.7 Å². The summed E-state index contributed by atoms with van der Waals surface area (Å²) in [6, 6.07) is -0.254. The number of allylic oxidation sites excluding steroid dienone is 1. The molecule has 6 rings (SSSR count). The number of fused-ring (bicyclic) bond motifs is 6. The van der Waals surface area contributed by atoms with E-state index in [0.29, 0.717) is 24.8 Å². The number of imidazole rings is 1. The number of aryl methyl sites for hydroxylation is 1. The molecule has 282 valence electrons. The van der Waals surface area contributed by atoms with Gasteiger partial charge in [-0.15, -0.1) is 0 Å². The van der Waals surface area contributed by atoms with Crippen LogP contribution in [0.3, 0.4) is 0 Å². The van der Waals surface area contributed by atoms with Gasteiger partial charge in [0.1, 0.15) is 17.7 Å². The number of hydrogen-bond donors (Lipinski definition) is 3. The van der Waals surface area contributed by atoms with E-state index in [4.69, 9.17) is 4.74 Å². The fourth-order valence-corrected chi connectivity index (χ4v) is 12.5. The zero-order valence-electron chi connectivity index (χ0n) is 32.7. The number of aromatic nitrogens is 2. The number of carbonyl (C=O) groups excluding carboxylic acids is 3. The summed E-state index contributed by atoms with van der Waals surface area (Å²) in [6.45, 7) is 19.8. The Hall–Kier alpha value is -3.17. The van der Waals surface area contributed by atoms with E-state index in [1.807, 2.05) is 17.8 Å². The van der Waals surface area contributed by atoms with Gasteiger partial charge in [-0.1, -0.05) is 54.0 Å². The third-order valence-corrected chi connectivity index (χ3v) is 15.4. The fraction of sp³-hybridized carbons (Fsp3) is 0.780. The Morgan fingerprint density at radius 3 is 2.37 bits per heavy atom. The number of aliphatic carboxylic acids is 1. The minimum absolute atomic E-state index is 0.00370. The van der Waals surface area contributed by atoms with Crippen LogP contribution in [0.5, 0.6) is 0 Å². The molecular weight excluding hydrogens is 644 g/mol. The van der Waals surface area contributed by atoms with Crippen molar-refractivity contribution in [3.05, 3.63) is 29.4 Å². The molecule has 1 unspecified atom stereocenters. The number of amides is 2. The summed E-state index contributed by atoms with van der Waals surface area (Å²) in [4.78, 5) is 56.7. The molecule has 10 heteroatoms. The molecule has 2 amide bonds. The van der Waals surface area contributed by atoms with E-state index >= 15 is 0 Å². The van der Waals surface area contributed by atoms with Crippen LogP contribution in [0.25, 0.3) is 0 Å². The molecule has 5 aliphatic rings. The second kappa shape index (κ2) is 12.5. The largest absolute Gasteiger partial charge is 0.481 e. The Morgan fingerprint density at radius 1 is 1.04 bits per heavy atom. The van der Waals surface area contributed by atoms with Crippen LogP contribution in [0.1, 0.15) is 132 Å². The van der Waals surface area contributed by atoms with Gasteiger partial charge in [0.2, 0.25) is 0 Å². The van der Waals surface area contributed by atoms with E-state index < -0.39 is 22.9 Å². The predicted octanol–water partition coefficient (Wildman–Crippen LogP) is 7.37. The number of hydrogen-bond acceptors (Lipinski definition) is 6. The first-order valence-corrected chi connectivity index (χ1v) is 19.3. The predicted molar refractivity (Wildman–Crippen MR) is 194 cm³/mol. The average molecular weight is 707 g/mol. The lowest BCUT2D eigenvalue weighted by molar-refractivity contribution is -0.214. The van der Waals surface area contributed by atoms with Gasteiger partial charge in [-0.25, -0.2) is 9.78 Å². The molecule has 10 nitrogen and oxygen atoms in total. The maximum atomic E-state index is 13.9. The molecule has 0 radical (unpaired) electrons. The Morgan fingerprint density at radius 2 is 1.75 bits per heavy atom. The van der Waals surface area contributed by atoms with Crippen molar-refractivity contribution in [2.75, 3.05) is 0 Å². The summed E-state index contributed by atoms with van der Waals surface area (Å²) in [5.74, 6) is 0.332. The number of carboxylic acids is 1. The molecule has 3 N–H and O–H groups in total. The van der Waals surface area contributed by atoms with Gasteiger partial charge >= 0.3 is 18.0 Å². The zero-order chi connectivity index (χ0) is 37.5. The van der Waals surface area contributed by atoms with Crippen molar-refractivity contribution in [3.8, 4) is 0 Å². The Balaban J connectivity index is 1.29. The molecule has 1 heterocycles. The topological polar surface area (TPSA) is 140 Å². The number of carbonyl (C=O) groups is 4. The summed E-state index contributed by atoms with van der Waals surface area (Å²) in [6.07, 6.45) is 10.9. The van der Waals surface area contributed by atoms with Crippen molar-refractivity contribution >= 4 is 23.8 Å². The highest BCUT2D eigenvalue weighted by Gasteiger charge is 2.69. The van der Waals surface area contributed by atoms with Crippen molar-refractivity contribution in [1.29, 1.82) is 0 Å². The zero-order valence-corrected chi connectivity index (χ0v) is 32.7. The first kappa shape index (κ1) is 37.6. The monoisotopic (exact) mass is 706 g/mol. The minimum Gasteiger partial charge on any atom is -0.481 e. The number of Topliss-reactive ketones (excluding diaryl/α,β-unsaturated/α-hetero) is 1. The van der Waals surface area contributed by atoms with Gasteiger partial charge in [-0.2, -0.15) is 0 Å². The number of urea groups is 1. The molecule has 0 bridgehead atoms. The number of ketones is 1. The van der Waals surface area contributed by atoms with Crippen LogP contribution < -0.4 is 10.6 Å². The lowest BCUT2D eigenvalue weighted by atomic mass is 9.34. The van der Waals surface area contributed by atoms with Gasteiger partial charge in [0.25, 0.3) is 0 Å². The molecule has 0 aromatic carbocycles. The molecule has 5 aliphatic carbocycles. The molecule has 0 spiro atoms. The van der Waals surface area contributed by atoms with Crippen LogP contribution in [0.4, 0.5) is 4.79 Å². The second-order valence-corrected chi connectivity index (χ2v) is 19.2. The Bertz CT molecular complexity index is 1640. The summed E-state index contributed by atoms with van der Waals surface area (Å²) in [7, 11) is 1.91. The normalized spacial score (nSPS) is 37.2. The molecule has 1 aromatic heterocycles. The van der Waals surface area contributed by atoms with Gasteiger partial charge in [-0.05, 0) is 105 Å². The van der Waals surface area contributed by atoms with Crippen LogP contribution in [0.2, 0.25) is 0 Å². The number of ether oxygens (including phenoxy) is 1. The van der Waals surface area contributed by atoms with E-state index in [1.165, 1.54) is 11.1 Å². The second-order valence-electron chi connectivity index (χ2n) is 19.2. The third-order valence-electron chi connectivity index (χ3n) is 15.4. The van der Waals surface area contributed by atoms with Gasteiger partial charge in [-0.3, -0.25) is 14.4 Å². The van der Waals surface area contributed by atoms with Crippen molar-refractivity contribution in [1.82, 2.24) is 20.2 Å². The Labute approximate surface area is 304 Å². The van der Waals surface area contributed by atoms with E-state index in [2.05, 4.69) is 64.1 Å². The number of nitrogens with one attached hydrogen (secondary N) is 2.